The molecule has 0 aliphatic rings. The number of carbonyl (C=O) groups excluding carboxylic acids is 1. The summed E-state index contributed by atoms with van der Waals surface area (Å²) in [5.74, 6) is 0.181. The minimum absolute atomic E-state index is 0.00711. The molecule has 2 N–H and O–H groups in total. The van der Waals surface area contributed by atoms with Gasteiger partial charge in [0.25, 0.3) is 15.9 Å². The van der Waals surface area contributed by atoms with Crippen LogP contribution in [0.15, 0.2) is 76.5 Å². The lowest BCUT2D eigenvalue weighted by atomic mass is 10.2. The van der Waals surface area contributed by atoms with Crippen LogP contribution in [-0.2, 0) is 20.0 Å². The van der Waals surface area contributed by atoms with Crippen LogP contribution in [0.25, 0.3) is 0 Å². The van der Waals surface area contributed by atoms with E-state index in [9.17, 15) is 21.6 Å². The molecule has 0 atom stereocenters. The van der Waals surface area contributed by atoms with E-state index in [2.05, 4.69) is 10.0 Å². The van der Waals surface area contributed by atoms with Crippen LogP contribution < -0.4 is 19.5 Å². The summed E-state index contributed by atoms with van der Waals surface area (Å²) >= 11 is 0. The van der Waals surface area contributed by atoms with Gasteiger partial charge in [0, 0.05) is 24.3 Å². The fourth-order valence-corrected chi connectivity index (χ4v) is 6.12. The van der Waals surface area contributed by atoms with E-state index >= 15 is 0 Å². The molecular weight excluding hydrogens is 518 g/mol. The Morgan fingerprint density at radius 2 is 1.51 bits per heavy atom. The Bertz CT molecular complexity index is 1470. The van der Waals surface area contributed by atoms with Gasteiger partial charge in [-0.2, -0.15) is 4.31 Å². The third-order valence-corrected chi connectivity index (χ3v) is 8.94. The smallest absolute Gasteiger partial charge is 0.261 e. The van der Waals surface area contributed by atoms with Crippen molar-refractivity contribution in [1.29, 1.82) is 0 Å². The van der Waals surface area contributed by atoms with Gasteiger partial charge in [-0.25, -0.2) is 16.8 Å². The number of rotatable bonds is 11. The highest BCUT2D eigenvalue weighted by atomic mass is 32.2. The average Bonchev–Trinajstić information content (AvgIpc) is 2.89. The van der Waals surface area contributed by atoms with Crippen molar-refractivity contribution in [2.45, 2.75) is 23.6 Å². The van der Waals surface area contributed by atoms with E-state index in [0.717, 1.165) is 0 Å². The summed E-state index contributed by atoms with van der Waals surface area (Å²) in [5.41, 5.74) is 0.508. The van der Waals surface area contributed by atoms with Gasteiger partial charge in [-0.15, -0.1) is 0 Å². The van der Waals surface area contributed by atoms with E-state index in [-0.39, 0.29) is 26.8 Å². The van der Waals surface area contributed by atoms with E-state index in [1.807, 2.05) is 0 Å². The first-order valence-electron chi connectivity index (χ1n) is 11.3. The van der Waals surface area contributed by atoms with Gasteiger partial charge < -0.3 is 14.8 Å². The van der Waals surface area contributed by atoms with E-state index in [4.69, 9.17) is 9.47 Å². The monoisotopic (exact) mass is 547 g/mol. The van der Waals surface area contributed by atoms with Gasteiger partial charge >= 0.3 is 0 Å². The molecule has 0 saturated carbocycles. The van der Waals surface area contributed by atoms with Gasteiger partial charge in [-0.05, 0) is 60.7 Å². The maximum Gasteiger partial charge on any atom is 0.261 e. The van der Waals surface area contributed by atoms with Crippen molar-refractivity contribution in [3.63, 3.8) is 0 Å². The number of nitrogens with one attached hydrogen (secondary N) is 2. The molecule has 3 rings (SSSR count). The predicted molar refractivity (Wildman–Crippen MR) is 141 cm³/mol. The zero-order valence-corrected chi connectivity index (χ0v) is 22.5. The molecule has 3 aromatic carbocycles. The van der Waals surface area contributed by atoms with Gasteiger partial charge in [0.2, 0.25) is 10.0 Å². The lowest BCUT2D eigenvalue weighted by molar-refractivity contribution is 0.102. The minimum atomic E-state index is -4.00. The molecule has 0 radical (unpaired) electrons. The summed E-state index contributed by atoms with van der Waals surface area (Å²) in [7, 11) is -4.88. The van der Waals surface area contributed by atoms with Gasteiger partial charge in [0.1, 0.15) is 11.5 Å². The highest BCUT2D eigenvalue weighted by molar-refractivity contribution is 7.92. The molecule has 0 unspecified atom stereocenters. The third-order valence-electron chi connectivity index (χ3n) is 5.51. The molecule has 0 bridgehead atoms. The van der Waals surface area contributed by atoms with Gasteiger partial charge in [-0.1, -0.05) is 19.9 Å². The number of methoxy groups -OCH3 is 2. The standard InChI is InChI=1S/C25H29N3O7S2/c1-5-28(6-2)37(32,33)22-14-15-24(35-4)23(17-22)26-25(29)18-8-7-9-21(16-18)36(30,31)27-19-10-12-20(34-3)13-11-19/h7-17,27H,5-6H2,1-4H3,(H,26,29). The molecule has 198 valence electrons. The Balaban J connectivity index is 1.88. The lowest BCUT2D eigenvalue weighted by Crippen LogP contribution is -2.30. The Kier molecular flexibility index (Phi) is 8.79. The second-order valence-electron chi connectivity index (χ2n) is 7.77. The fourth-order valence-electron chi connectivity index (χ4n) is 3.53. The Hall–Kier alpha value is -3.61. The molecule has 12 heteroatoms. The summed E-state index contributed by atoms with van der Waals surface area (Å²) < 4.78 is 65.8. The van der Waals surface area contributed by atoms with Crippen LogP contribution in [0.4, 0.5) is 11.4 Å². The normalized spacial score (nSPS) is 11.7. The molecule has 0 heterocycles. The summed E-state index contributed by atoms with van der Waals surface area (Å²) in [6, 6.07) is 16.0. The average molecular weight is 548 g/mol. The molecule has 0 fully saturated rings. The van der Waals surface area contributed by atoms with Crippen LogP contribution in [0.3, 0.4) is 0 Å². The van der Waals surface area contributed by atoms with Gasteiger partial charge in [0.15, 0.2) is 0 Å². The summed E-state index contributed by atoms with van der Waals surface area (Å²) in [4.78, 5) is 12.9. The summed E-state index contributed by atoms with van der Waals surface area (Å²) in [6.07, 6.45) is 0. The number of nitrogens with zero attached hydrogens (tertiary/aromatic N) is 1. The zero-order valence-electron chi connectivity index (χ0n) is 20.9. The van der Waals surface area contributed by atoms with Crippen LogP contribution in [0.2, 0.25) is 0 Å². The van der Waals surface area contributed by atoms with Gasteiger partial charge in [-0.3, -0.25) is 9.52 Å². The molecule has 0 spiro atoms. The Morgan fingerprint density at radius 3 is 2.11 bits per heavy atom. The number of carbonyl (C=O) groups is 1. The maximum absolute atomic E-state index is 13.0. The van der Waals surface area contributed by atoms with E-state index in [1.165, 1.54) is 61.0 Å². The largest absolute Gasteiger partial charge is 0.497 e. The fraction of sp³-hybridized carbons (Fsp3) is 0.240. The minimum Gasteiger partial charge on any atom is -0.497 e. The van der Waals surface area contributed by atoms with E-state index < -0.39 is 26.0 Å². The van der Waals surface area contributed by atoms with Crippen molar-refractivity contribution in [2.75, 3.05) is 37.3 Å². The zero-order chi connectivity index (χ0) is 27.2. The van der Waals surface area contributed by atoms with Crippen LogP contribution in [-0.4, -0.2) is 54.4 Å². The predicted octanol–water partition coefficient (Wildman–Crippen LogP) is 3.79. The van der Waals surface area contributed by atoms with Crippen molar-refractivity contribution in [3.05, 3.63) is 72.3 Å². The number of benzene rings is 3. The second-order valence-corrected chi connectivity index (χ2v) is 11.4. The van der Waals surface area contributed by atoms with Crippen molar-refractivity contribution in [3.8, 4) is 11.5 Å². The van der Waals surface area contributed by atoms with Crippen molar-refractivity contribution in [1.82, 2.24) is 4.31 Å². The second kappa shape index (κ2) is 11.6. The Morgan fingerprint density at radius 1 is 0.838 bits per heavy atom. The van der Waals surface area contributed by atoms with Crippen molar-refractivity contribution < 1.29 is 31.1 Å². The molecule has 0 aliphatic heterocycles. The van der Waals surface area contributed by atoms with E-state index in [0.29, 0.717) is 24.5 Å². The van der Waals surface area contributed by atoms with E-state index in [1.54, 1.807) is 38.1 Å². The first kappa shape index (κ1) is 28.0. The highest BCUT2D eigenvalue weighted by Gasteiger charge is 2.24. The molecular formula is C25H29N3O7S2. The first-order chi connectivity index (χ1) is 17.5. The number of anilines is 2. The summed E-state index contributed by atoms with van der Waals surface area (Å²) in [6.45, 7) is 4.05. The number of hydrogen-bond acceptors (Lipinski definition) is 7. The first-order valence-corrected chi connectivity index (χ1v) is 14.2. The molecule has 3 aromatic rings. The summed E-state index contributed by atoms with van der Waals surface area (Å²) in [5, 5.41) is 2.63. The number of amides is 1. The van der Waals surface area contributed by atoms with Crippen LogP contribution in [0.1, 0.15) is 24.2 Å². The number of ether oxygens (including phenoxy) is 2. The topological polar surface area (TPSA) is 131 Å². The van der Waals surface area contributed by atoms with Crippen LogP contribution in [0.5, 0.6) is 11.5 Å². The van der Waals surface area contributed by atoms with Crippen LogP contribution >= 0.6 is 0 Å². The molecule has 1 amide bonds. The van der Waals surface area contributed by atoms with Crippen molar-refractivity contribution >= 4 is 37.3 Å². The maximum atomic E-state index is 13.0. The highest BCUT2D eigenvalue weighted by Crippen LogP contribution is 2.30. The van der Waals surface area contributed by atoms with Crippen LogP contribution in [0, 0.1) is 0 Å². The number of sulfonamides is 2. The molecule has 37 heavy (non-hydrogen) atoms. The Labute approximate surface area is 217 Å². The quantitative estimate of drug-likeness (QED) is 0.373. The SMILES string of the molecule is CCN(CC)S(=O)(=O)c1ccc(OC)c(NC(=O)c2cccc(S(=O)(=O)Nc3ccc(OC)cc3)c2)c1. The molecule has 0 aromatic heterocycles. The lowest BCUT2D eigenvalue weighted by Gasteiger charge is -2.19. The third kappa shape index (κ3) is 6.40. The molecule has 0 aliphatic carbocycles. The number of hydrogen-bond donors (Lipinski definition) is 2. The van der Waals surface area contributed by atoms with Crippen molar-refractivity contribution in [2.24, 2.45) is 0 Å². The van der Waals surface area contributed by atoms with Gasteiger partial charge in [0.05, 0.1) is 29.7 Å². The molecule has 10 nitrogen and oxygen atoms in total. The molecule has 0 saturated heterocycles.